The third-order valence-electron chi connectivity index (χ3n) is 3.01. The molecule has 0 aromatic heterocycles. The maximum absolute atomic E-state index is 11.6. The van der Waals surface area contributed by atoms with Crippen molar-refractivity contribution in [2.24, 2.45) is 11.7 Å². The molecule has 2 rings (SSSR count). The minimum Gasteiger partial charge on any atom is -0.462 e. The van der Waals surface area contributed by atoms with Gasteiger partial charge in [-0.25, -0.2) is 0 Å². The zero-order valence-corrected chi connectivity index (χ0v) is 8.28. The van der Waals surface area contributed by atoms with E-state index in [-0.39, 0.29) is 24.0 Å². The van der Waals surface area contributed by atoms with E-state index in [1.54, 1.807) is 0 Å². The van der Waals surface area contributed by atoms with E-state index in [0.29, 0.717) is 13.2 Å². The molecule has 0 spiro atoms. The van der Waals surface area contributed by atoms with Crippen molar-refractivity contribution < 1.29 is 14.3 Å². The Morgan fingerprint density at radius 2 is 2.00 bits per heavy atom. The van der Waals surface area contributed by atoms with Crippen LogP contribution in [0, 0.1) is 5.92 Å². The molecule has 4 heteroatoms. The van der Waals surface area contributed by atoms with Crippen molar-refractivity contribution >= 4 is 5.97 Å². The van der Waals surface area contributed by atoms with Crippen LogP contribution in [0.1, 0.15) is 25.7 Å². The second kappa shape index (κ2) is 4.28. The molecule has 1 saturated carbocycles. The fourth-order valence-corrected chi connectivity index (χ4v) is 2.07. The Balaban J connectivity index is 1.82. The van der Waals surface area contributed by atoms with E-state index >= 15 is 0 Å². The molecule has 2 atom stereocenters. The van der Waals surface area contributed by atoms with Gasteiger partial charge in [0.15, 0.2) is 0 Å². The lowest BCUT2D eigenvalue weighted by molar-refractivity contribution is -0.154. The van der Waals surface area contributed by atoms with Crippen molar-refractivity contribution in [3.05, 3.63) is 0 Å². The van der Waals surface area contributed by atoms with Gasteiger partial charge >= 0.3 is 5.97 Å². The summed E-state index contributed by atoms with van der Waals surface area (Å²) >= 11 is 0. The van der Waals surface area contributed by atoms with Gasteiger partial charge in [-0.3, -0.25) is 4.79 Å². The van der Waals surface area contributed by atoms with Crippen molar-refractivity contribution in [3.63, 3.8) is 0 Å². The van der Waals surface area contributed by atoms with Crippen LogP contribution in [-0.4, -0.2) is 31.3 Å². The molecule has 1 heterocycles. The van der Waals surface area contributed by atoms with Gasteiger partial charge < -0.3 is 15.2 Å². The predicted octanol–water partition coefficient (Wildman–Crippen LogP) is 0.446. The first-order valence-electron chi connectivity index (χ1n) is 5.31. The standard InChI is InChI=1S/C10H17NO3/c11-9-6-13-5-8(9)10(12)14-7-3-1-2-4-7/h7-9H,1-6,11H2. The highest BCUT2D eigenvalue weighted by Crippen LogP contribution is 2.23. The molecule has 0 bridgehead atoms. The molecule has 1 aliphatic heterocycles. The van der Waals surface area contributed by atoms with Crippen molar-refractivity contribution in [1.82, 2.24) is 0 Å². The summed E-state index contributed by atoms with van der Waals surface area (Å²) in [4.78, 5) is 11.6. The van der Waals surface area contributed by atoms with E-state index in [4.69, 9.17) is 15.2 Å². The topological polar surface area (TPSA) is 61.5 Å². The van der Waals surface area contributed by atoms with Crippen LogP contribution >= 0.6 is 0 Å². The second-order valence-corrected chi connectivity index (χ2v) is 4.15. The van der Waals surface area contributed by atoms with E-state index < -0.39 is 0 Å². The van der Waals surface area contributed by atoms with Crippen LogP contribution < -0.4 is 5.73 Å². The zero-order chi connectivity index (χ0) is 9.97. The Hall–Kier alpha value is -0.610. The fraction of sp³-hybridized carbons (Fsp3) is 0.900. The molecule has 14 heavy (non-hydrogen) atoms. The summed E-state index contributed by atoms with van der Waals surface area (Å²) in [7, 11) is 0. The molecule has 1 aliphatic carbocycles. The van der Waals surface area contributed by atoms with E-state index in [2.05, 4.69) is 0 Å². The number of ether oxygens (including phenoxy) is 2. The largest absolute Gasteiger partial charge is 0.462 e. The molecule has 0 radical (unpaired) electrons. The number of esters is 1. The summed E-state index contributed by atoms with van der Waals surface area (Å²) in [6.07, 6.45) is 4.50. The van der Waals surface area contributed by atoms with E-state index in [0.717, 1.165) is 12.8 Å². The average molecular weight is 199 g/mol. The van der Waals surface area contributed by atoms with E-state index in [9.17, 15) is 4.79 Å². The number of rotatable bonds is 2. The number of hydrogen-bond donors (Lipinski definition) is 1. The van der Waals surface area contributed by atoms with Crippen LogP contribution in [0.3, 0.4) is 0 Å². The molecule has 0 aromatic rings. The predicted molar refractivity (Wildman–Crippen MR) is 50.6 cm³/mol. The molecule has 2 N–H and O–H groups in total. The van der Waals surface area contributed by atoms with Gasteiger partial charge in [-0.15, -0.1) is 0 Å². The summed E-state index contributed by atoms with van der Waals surface area (Å²) in [5.74, 6) is -0.405. The van der Waals surface area contributed by atoms with Crippen molar-refractivity contribution in [2.45, 2.75) is 37.8 Å². The summed E-state index contributed by atoms with van der Waals surface area (Å²) in [6, 6.07) is -0.177. The summed E-state index contributed by atoms with van der Waals surface area (Å²) in [5, 5.41) is 0. The quantitative estimate of drug-likeness (QED) is 0.656. The normalized spacial score (nSPS) is 33.5. The number of nitrogens with two attached hydrogens (primary N) is 1. The smallest absolute Gasteiger partial charge is 0.313 e. The highest BCUT2D eigenvalue weighted by atomic mass is 16.5. The number of carbonyl (C=O) groups excluding carboxylic acids is 1. The maximum atomic E-state index is 11.6. The van der Waals surface area contributed by atoms with Crippen molar-refractivity contribution in [1.29, 1.82) is 0 Å². The van der Waals surface area contributed by atoms with Crippen LogP contribution in [0.15, 0.2) is 0 Å². The summed E-state index contributed by atoms with van der Waals surface area (Å²) < 4.78 is 10.5. The average Bonchev–Trinajstić information content (AvgIpc) is 2.75. The van der Waals surface area contributed by atoms with E-state index in [1.165, 1.54) is 12.8 Å². The number of carbonyl (C=O) groups is 1. The van der Waals surface area contributed by atoms with Gasteiger partial charge in [0.05, 0.1) is 19.1 Å². The van der Waals surface area contributed by atoms with Gasteiger partial charge in [0.25, 0.3) is 0 Å². The zero-order valence-electron chi connectivity index (χ0n) is 8.28. The van der Waals surface area contributed by atoms with Crippen LogP contribution in [0.25, 0.3) is 0 Å². The first-order chi connectivity index (χ1) is 6.77. The molecule has 80 valence electrons. The van der Waals surface area contributed by atoms with E-state index in [1.807, 2.05) is 0 Å². The Morgan fingerprint density at radius 1 is 1.29 bits per heavy atom. The minimum atomic E-state index is -0.240. The highest BCUT2D eigenvalue weighted by Gasteiger charge is 2.34. The van der Waals surface area contributed by atoms with Crippen LogP contribution in [0.4, 0.5) is 0 Å². The van der Waals surface area contributed by atoms with Crippen molar-refractivity contribution in [3.8, 4) is 0 Å². The first-order valence-corrected chi connectivity index (χ1v) is 5.31. The summed E-state index contributed by atoms with van der Waals surface area (Å²) in [6.45, 7) is 0.900. The molecular weight excluding hydrogens is 182 g/mol. The van der Waals surface area contributed by atoms with Gasteiger partial charge in [-0.1, -0.05) is 0 Å². The molecule has 2 unspecified atom stereocenters. The SMILES string of the molecule is NC1COCC1C(=O)OC1CCCC1. The van der Waals surface area contributed by atoms with Gasteiger partial charge in [0.2, 0.25) is 0 Å². The Bertz CT molecular complexity index is 213. The molecule has 0 aromatic carbocycles. The van der Waals surface area contributed by atoms with Crippen LogP contribution in [0.2, 0.25) is 0 Å². The minimum absolute atomic E-state index is 0.135. The van der Waals surface area contributed by atoms with Gasteiger partial charge in [-0.05, 0) is 25.7 Å². The molecule has 2 fully saturated rings. The van der Waals surface area contributed by atoms with Gasteiger partial charge in [0.1, 0.15) is 6.10 Å². The second-order valence-electron chi connectivity index (χ2n) is 4.15. The third kappa shape index (κ3) is 2.07. The van der Waals surface area contributed by atoms with Crippen molar-refractivity contribution in [2.75, 3.05) is 13.2 Å². The third-order valence-corrected chi connectivity index (χ3v) is 3.01. The van der Waals surface area contributed by atoms with Gasteiger partial charge in [0, 0.05) is 6.04 Å². The molecule has 0 amide bonds. The fourth-order valence-electron chi connectivity index (χ4n) is 2.07. The highest BCUT2D eigenvalue weighted by molar-refractivity contribution is 5.74. The monoisotopic (exact) mass is 199 g/mol. The lowest BCUT2D eigenvalue weighted by Crippen LogP contribution is -2.36. The lowest BCUT2D eigenvalue weighted by Gasteiger charge is -2.16. The Kier molecular flexibility index (Phi) is 3.03. The maximum Gasteiger partial charge on any atom is 0.313 e. The molecule has 4 nitrogen and oxygen atoms in total. The Morgan fingerprint density at radius 3 is 2.57 bits per heavy atom. The van der Waals surface area contributed by atoms with Crippen LogP contribution in [0.5, 0.6) is 0 Å². The number of hydrogen-bond acceptors (Lipinski definition) is 4. The summed E-state index contributed by atoms with van der Waals surface area (Å²) in [5.41, 5.74) is 5.73. The van der Waals surface area contributed by atoms with Crippen LogP contribution in [-0.2, 0) is 14.3 Å². The molecule has 1 saturated heterocycles. The Labute approximate surface area is 83.7 Å². The first kappa shape index (κ1) is 9.93. The van der Waals surface area contributed by atoms with Gasteiger partial charge in [-0.2, -0.15) is 0 Å². The molecular formula is C10H17NO3. The lowest BCUT2D eigenvalue weighted by atomic mass is 10.1. The molecule has 2 aliphatic rings.